The van der Waals surface area contributed by atoms with Crippen LogP contribution >= 0.6 is 0 Å². The van der Waals surface area contributed by atoms with Gasteiger partial charge >= 0.3 is 0 Å². The molecule has 12 nitrogen and oxygen atoms in total. The van der Waals surface area contributed by atoms with Crippen LogP contribution in [0, 0.1) is 23.7 Å². The molecule has 4 saturated heterocycles. The van der Waals surface area contributed by atoms with E-state index in [9.17, 15) is 19.2 Å². The zero-order valence-electron chi connectivity index (χ0n) is 34.9. The summed E-state index contributed by atoms with van der Waals surface area (Å²) in [4.78, 5) is 59.4. The molecule has 4 fully saturated rings. The molecule has 12 heteroatoms. The van der Waals surface area contributed by atoms with E-state index >= 15 is 0 Å². The topological polar surface area (TPSA) is 101 Å². The van der Waals surface area contributed by atoms with Crippen LogP contribution in [0.15, 0.2) is 92.0 Å². The summed E-state index contributed by atoms with van der Waals surface area (Å²) in [5.74, 6) is 4.34. The van der Waals surface area contributed by atoms with Crippen LogP contribution in [0.25, 0.3) is 0 Å². The molecule has 0 aromatic carbocycles. The number of aromatic nitrogens is 4. The van der Waals surface area contributed by atoms with Crippen LogP contribution in [-0.2, 0) is 26.2 Å². The van der Waals surface area contributed by atoms with Crippen LogP contribution in [0.3, 0.4) is 0 Å². The van der Waals surface area contributed by atoms with Crippen LogP contribution in [0.1, 0.15) is 72.1 Å². The van der Waals surface area contributed by atoms with E-state index < -0.39 is 0 Å². The molecule has 12 rings (SSSR count). The molecule has 0 saturated carbocycles. The Morgan fingerprint density at radius 2 is 0.550 bits per heavy atom. The molecule has 0 radical (unpaired) electrons. The van der Waals surface area contributed by atoms with Crippen molar-refractivity contribution in [2.24, 2.45) is 23.7 Å². The molecule has 0 amide bonds. The molecule has 8 aliphatic heterocycles. The van der Waals surface area contributed by atoms with Crippen molar-refractivity contribution in [1.29, 1.82) is 0 Å². The van der Waals surface area contributed by atoms with Crippen molar-refractivity contribution in [3.63, 3.8) is 0 Å². The van der Waals surface area contributed by atoms with Gasteiger partial charge in [-0.15, -0.1) is 0 Å². The fraction of sp³-hybridized carbons (Fsp3) is 0.583. The van der Waals surface area contributed by atoms with E-state index in [1.807, 2.05) is 42.5 Å². The molecular formula is C48H60N8O4. The first kappa shape index (κ1) is 38.6. The Morgan fingerprint density at radius 3 is 0.783 bits per heavy atom. The highest BCUT2D eigenvalue weighted by Gasteiger charge is 2.39. The molecule has 0 aliphatic carbocycles. The average Bonchev–Trinajstić information content (AvgIpc) is 3.24. The number of hydrogen-bond acceptors (Lipinski definition) is 8. The predicted octanol–water partition coefficient (Wildman–Crippen LogP) is 3.10. The second-order valence-electron chi connectivity index (χ2n) is 19.8. The Hall–Kier alpha value is -4.36. The minimum atomic E-state index is 0.162. The molecule has 8 atom stereocenters. The van der Waals surface area contributed by atoms with Crippen LogP contribution < -0.4 is 22.2 Å². The minimum absolute atomic E-state index is 0.162. The Morgan fingerprint density at radius 1 is 0.317 bits per heavy atom. The first-order valence-electron chi connectivity index (χ1n) is 23.0. The van der Waals surface area contributed by atoms with Gasteiger partial charge in [0.25, 0.3) is 22.2 Å². The van der Waals surface area contributed by atoms with Crippen molar-refractivity contribution in [1.82, 2.24) is 37.9 Å². The summed E-state index contributed by atoms with van der Waals surface area (Å²) in [6.07, 6.45) is 4.89. The van der Waals surface area contributed by atoms with Crippen molar-refractivity contribution in [3.8, 4) is 0 Å². The number of fused-ring (bicyclic) bond motifs is 16. The number of nitrogens with zero attached hydrogens (tertiary/aromatic N) is 8. The number of hydrogen-bond donors (Lipinski definition) is 0. The van der Waals surface area contributed by atoms with Gasteiger partial charge in [-0.1, -0.05) is 24.3 Å². The average molecular weight is 813 g/mol. The van der Waals surface area contributed by atoms with Crippen molar-refractivity contribution < 1.29 is 0 Å². The van der Waals surface area contributed by atoms with Crippen molar-refractivity contribution >= 4 is 0 Å². The Balaban J connectivity index is 0.000000136. The van der Waals surface area contributed by atoms with Gasteiger partial charge in [0.2, 0.25) is 0 Å². The van der Waals surface area contributed by atoms with E-state index in [0.717, 1.165) is 105 Å². The summed E-state index contributed by atoms with van der Waals surface area (Å²) < 4.78 is 8.06. The van der Waals surface area contributed by atoms with E-state index in [1.165, 1.54) is 48.5 Å². The fourth-order valence-corrected chi connectivity index (χ4v) is 13.3. The Bertz CT molecular complexity index is 2150. The second-order valence-corrected chi connectivity index (χ2v) is 19.8. The third kappa shape index (κ3) is 7.41. The van der Waals surface area contributed by atoms with Crippen LogP contribution in [-0.4, -0.2) is 116 Å². The van der Waals surface area contributed by atoms with E-state index in [4.69, 9.17) is 0 Å². The van der Waals surface area contributed by atoms with Gasteiger partial charge in [0.1, 0.15) is 0 Å². The molecule has 4 aromatic rings. The highest BCUT2D eigenvalue weighted by atomic mass is 16.1. The fourth-order valence-electron chi connectivity index (χ4n) is 13.3. The third-order valence-corrected chi connectivity index (χ3v) is 15.7. The van der Waals surface area contributed by atoms with Gasteiger partial charge in [-0.25, -0.2) is 0 Å². The maximum Gasteiger partial charge on any atom is 0.250 e. The zero-order valence-corrected chi connectivity index (χ0v) is 34.9. The highest BCUT2D eigenvalue weighted by Crippen LogP contribution is 2.39. The van der Waals surface area contributed by atoms with E-state index in [0.29, 0.717) is 47.3 Å². The minimum Gasteiger partial charge on any atom is -0.312 e. The lowest BCUT2D eigenvalue weighted by molar-refractivity contribution is 0.0793. The monoisotopic (exact) mass is 812 g/mol. The molecule has 8 aliphatic rings. The highest BCUT2D eigenvalue weighted by molar-refractivity contribution is 5.20. The largest absolute Gasteiger partial charge is 0.312 e. The van der Waals surface area contributed by atoms with Crippen LogP contribution in [0.5, 0.6) is 0 Å². The maximum atomic E-state index is 12.2. The first-order valence-corrected chi connectivity index (χ1v) is 23.0. The first-order chi connectivity index (χ1) is 29.3. The van der Waals surface area contributed by atoms with E-state index in [2.05, 4.69) is 43.9 Å². The summed E-state index contributed by atoms with van der Waals surface area (Å²) in [5, 5.41) is 0. The number of likely N-dealkylation sites (tertiary alicyclic amines) is 4. The second kappa shape index (κ2) is 15.8. The van der Waals surface area contributed by atoms with Crippen LogP contribution in [0.2, 0.25) is 0 Å². The molecule has 8 bridgehead atoms. The number of pyridine rings is 4. The molecule has 60 heavy (non-hydrogen) atoms. The molecule has 12 heterocycles. The smallest absolute Gasteiger partial charge is 0.250 e. The van der Waals surface area contributed by atoms with Gasteiger partial charge in [-0.3, -0.25) is 19.2 Å². The molecule has 0 spiro atoms. The lowest BCUT2D eigenvalue weighted by Crippen LogP contribution is -2.51. The van der Waals surface area contributed by atoms with E-state index in [1.54, 1.807) is 24.3 Å². The van der Waals surface area contributed by atoms with Crippen molar-refractivity contribution in [2.75, 3.05) is 78.5 Å². The molecule has 0 N–H and O–H groups in total. The molecule has 316 valence electrons. The normalized spacial score (nSPS) is 30.5. The van der Waals surface area contributed by atoms with Crippen LogP contribution in [0.4, 0.5) is 0 Å². The molecular weight excluding hydrogens is 753 g/mol. The lowest BCUT2D eigenvalue weighted by Gasteiger charge is -2.45. The number of piperidine rings is 4. The van der Waals surface area contributed by atoms with Gasteiger partial charge in [0, 0.05) is 175 Å². The summed E-state index contributed by atoms with van der Waals surface area (Å²) in [7, 11) is 0. The molecule has 0 unspecified atom stereocenters. The summed E-state index contributed by atoms with van der Waals surface area (Å²) >= 11 is 0. The summed E-state index contributed by atoms with van der Waals surface area (Å²) in [6.45, 7) is 16.6. The van der Waals surface area contributed by atoms with Gasteiger partial charge in [-0.05, 0) is 73.6 Å². The standard InChI is InChI=1S/2C24H30N4O2/c2*29-23-5-1-3-21-19-9-17(13-27(21)23)11-25(15-19)7-8-26-12-18-10-20(16-26)22-4-2-6-24(30)28(22)14-18/h2*1-6,17-20H,7-16H2/t2*17-,18-,19+,20+/m00/s1. The SMILES string of the molecule is O=c1cccc2n1C[C@H]1C[C@@H]2CN(CCN2C[C@@H]3C[C@H](C2)c2cccc(=O)n2C3)C1.O=c1cccc2n1C[C@H]1C[C@@H]2CN(CCN2C[C@@H]3C[C@H](C2)c2cccc(=O)n2C3)C1. The Kier molecular flexibility index (Phi) is 10.2. The van der Waals surface area contributed by atoms with Gasteiger partial charge in [-0.2, -0.15) is 0 Å². The lowest BCUT2D eigenvalue weighted by atomic mass is 9.82. The molecule has 4 aromatic heterocycles. The Labute approximate surface area is 351 Å². The zero-order chi connectivity index (χ0) is 40.5. The predicted molar refractivity (Wildman–Crippen MR) is 232 cm³/mol. The van der Waals surface area contributed by atoms with E-state index in [-0.39, 0.29) is 22.2 Å². The quantitative estimate of drug-likeness (QED) is 0.293. The van der Waals surface area contributed by atoms with Crippen molar-refractivity contribution in [3.05, 3.63) is 137 Å². The van der Waals surface area contributed by atoms with Crippen molar-refractivity contribution in [2.45, 2.75) is 75.5 Å². The van der Waals surface area contributed by atoms with Gasteiger partial charge < -0.3 is 37.9 Å². The third-order valence-electron chi connectivity index (χ3n) is 15.7. The van der Waals surface area contributed by atoms with Gasteiger partial charge in [0.15, 0.2) is 0 Å². The van der Waals surface area contributed by atoms with Gasteiger partial charge in [0.05, 0.1) is 0 Å². The summed E-state index contributed by atoms with van der Waals surface area (Å²) in [5.41, 5.74) is 5.58. The number of rotatable bonds is 6. The summed E-state index contributed by atoms with van der Waals surface area (Å²) in [6, 6.07) is 23.1. The maximum absolute atomic E-state index is 12.2.